The van der Waals surface area contributed by atoms with Crippen molar-refractivity contribution in [2.75, 3.05) is 0 Å². The summed E-state index contributed by atoms with van der Waals surface area (Å²) in [5.41, 5.74) is -0.911. The molecule has 1 aliphatic heterocycles. The second-order valence-electron chi connectivity index (χ2n) is 14.9. The summed E-state index contributed by atoms with van der Waals surface area (Å²) in [5, 5.41) is 3.04. The summed E-state index contributed by atoms with van der Waals surface area (Å²) < 4.78 is 170. The predicted molar refractivity (Wildman–Crippen MR) is 197 cm³/mol. The summed E-state index contributed by atoms with van der Waals surface area (Å²) in [6.07, 6.45) is -18.2. The Morgan fingerprint density at radius 3 is 1.49 bits per heavy atom. The number of hydrogen-bond donors (Lipinski definition) is 0. The third-order valence-corrected chi connectivity index (χ3v) is 17.5. The van der Waals surface area contributed by atoms with Gasteiger partial charge in [0.2, 0.25) is 0 Å². The first-order valence-corrected chi connectivity index (χ1v) is 20.5. The summed E-state index contributed by atoms with van der Waals surface area (Å²) in [7, 11) is -2.95. The zero-order valence-electron chi connectivity index (χ0n) is 32.3. The van der Waals surface area contributed by atoms with E-state index in [1.54, 1.807) is 19.1 Å². The molecule has 0 saturated heterocycles. The largest absolute Gasteiger partial charge is 3.00 e. The minimum absolute atomic E-state index is 0. The Labute approximate surface area is 365 Å². The molecule has 1 radical (unpaired) electrons. The van der Waals surface area contributed by atoms with E-state index in [0.29, 0.717) is 63.7 Å². The second-order valence-corrected chi connectivity index (χ2v) is 19.5. The van der Waals surface area contributed by atoms with Crippen LogP contribution in [0.25, 0.3) is 39.1 Å². The summed E-state index contributed by atoms with van der Waals surface area (Å²) in [4.78, 5) is 0. The number of hydrogen-bond acceptors (Lipinski definition) is 0. The van der Waals surface area contributed by atoms with Gasteiger partial charge in [0.1, 0.15) is 0 Å². The SMILES string of the molecule is CCC1=Cc2c(-c3cc(C(F)(F)F)cc(C(F)(F)F)c3)ccc(C)c2C1c1c2c(-c3cc(C(F)(F)F)cc(C(F)(F)F)c3)c3c(c(C)[cH-]c3c1C)[Si]2(CC)CC.[Cl-].[Cl-].[Zr+3]. The molecule has 0 saturated carbocycles. The van der Waals surface area contributed by atoms with Gasteiger partial charge in [-0.3, -0.25) is 0 Å². The van der Waals surface area contributed by atoms with Gasteiger partial charge in [-0.2, -0.15) is 52.7 Å². The smallest absolute Gasteiger partial charge is 1.00 e. The Hall–Kier alpha value is -2.93. The Morgan fingerprint density at radius 2 is 1.07 bits per heavy atom. The molecule has 1 aliphatic carbocycles. The average Bonchev–Trinajstić information content (AvgIpc) is 3.74. The molecule has 2 aliphatic rings. The van der Waals surface area contributed by atoms with Crippen LogP contribution >= 0.6 is 0 Å². The molecule has 5 aromatic carbocycles. The average molecular weight is 970 g/mol. The van der Waals surface area contributed by atoms with Gasteiger partial charge in [0.15, 0.2) is 0 Å². The van der Waals surface area contributed by atoms with Crippen LogP contribution in [0.5, 0.6) is 0 Å². The van der Waals surface area contributed by atoms with E-state index in [2.05, 4.69) is 0 Å². The normalized spacial score (nSPS) is 15.8. The van der Waals surface area contributed by atoms with E-state index in [4.69, 9.17) is 0 Å². The summed E-state index contributed by atoms with van der Waals surface area (Å²) in [6.45, 7) is 11.4. The first kappa shape index (κ1) is 48.7. The molecule has 0 spiro atoms. The van der Waals surface area contributed by atoms with Crippen molar-refractivity contribution in [3.05, 3.63) is 116 Å². The van der Waals surface area contributed by atoms with Gasteiger partial charge in [-0.1, -0.05) is 86.8 Å². The van der Waals surface area contributed by atoms with Crippen LogP contribution < -0.4 is 35.2 Å². The van der Waals surface area contributed by atoms with Crippen molar-refractivity contribution in [2.24, 2.45) is 0 Å². The van der Waals surface area contributed by atoms with E-state index >= 15 is 0 Å². The van der Waals surface area contributed by atoms with Crippen molar-refractivity contribution >= 4 is 35.3 Å². The molecule has 1 atom stereocenters. The standard InChI is InChI=1S/C43H35F12Si.2ClH.Zr/c1-7-23-17-32-30(24-13-26(40(44,45)46)18-27(14-24)41(47,48)49)11-10-20(4)33(32)35(23)34-22(6)31-12-21(5)38-37(31)36(39(34)56(38,8-2)9-3)25-15-28(42(50,51)52)19-29(16-25)43(53,54)55;;;/h10-19,35H,7-9H2,1-6H3;2*1H;/q-1;;;+3/p-2. The molecule has 1 heterocycles. The van der Waals surface area contributed by atoms with Gasteiger partial charge in [0.25, 0.3) is 0 Å². The van der Waals surface area contributed by atoms with Crippen molar-refractivity contribution in [1.29, 1.82) is 0 Å². The molecule has 0 nitrogen and oxygen atoms in total. The van der Waals surface area contributed by atoms with Crippen LogP contribution in [0.3, 0.4) is 0 Å². The van der Waals surface area contributed by atoms with Crippen LogP contribution in [0.15, 0.2) is 60.2 Å². The summed E-state index contributed by atoms with van der Waals surface area (Å²) in [6, 6.07) is 9.34. The third kappa shape index (κ3) is 7.68. The minimum atomic E-state index is -5.09. The van der Waals surface area contributed by atoms with Crippen molar-refractivity contribution in [2.45, 2.75) is 90.7 Å². The number of rotatable bonds is 6. The van der Waals surface area contributed by atoms with E-state index in [0.717, 1.165) is 44.8 Å². The van der Waals surface area contributed by atoms with Gasteiger partial charge in [0, 0.05) is 5.92 Å². The molecule has 7 rings (SSSR count). The van der Waals surface area contributed by atoms with Gasteiger partial charge in [-0.05, 0) is 83.1 Å². The fourth-order valence-electron chi connectivity index (χ4n) is 9.52. The Kier molecular flexibility index (Phi) is 13.3. The number of halogens is 14. The van der Waals surface area contributed by atoms with Crippen LogP contribution in [0.4, 0.5) is 52.7 Å². The van der Waals surface area contributed by atoms with E-state index in [9.17, 15) is 52.7 Å². The fraction of sp³-hybridized carbons (Fsp3) is 0.326. The van der Waals surface area contributed by atoms with E-state index in [-0.39, 0.29) is 79.8 Å². The van der Waals surface area contributed by atoms with Crippen LogP contribution in [0.1, 0.15) is 88.7 Å². The molecular weight excluding hydrogens is 935 g/mol. The van der Waals surface area contributed by atoms with Crippen LogP contribution in [0, 0.1) is 20.8 Å². The molecule has 16 heteroatoms. The van der Waals surface area contributed by atoms with Crippen molar-refractivity contribution in [1.82, 2.24) is 0 Å². The molecule has 0 aromatic heterocycles. The number of alkyl halides is 12. The molecule has 0 fully saturated rings. The molecule has 313 valence electrons. The molecular formula is C43H35Cl2F12SiZr. The Morgan fingerprint density at radius 1 is 0.610 bits per heavy atom. The zero-order chi connectivity index (χ0) is 41.2. The number of aryl methyl sites for hydroxylation is 3. The fourth-order valence-corrected chi connectivity index (χ4v) is 14.8. The Bertz CT molecular complexity index is 2420. The minimum Gasteiger partial charge on any atom is -1.00 e. The molecule has 0 N–H and O–H groups in total. The summed E-state index contributed by atoms with van der Waals surface area (Å²) >= 11 is 0. The Balaban J connectivity index is 0.00000256. The van der Waals surface area contributed by atoms with Gasteiger partial charge >= 0.3 is 50.9 Å². The van der Waals surface area contributed by atoms with Crippen LogP contribution in [0.2, 0.25) is 12.1 Å². The number of benzene rings is 4. The first-order valence-electron chi connectivity index (χ1n) is 18.1. The molecule has 2 bridgehead atoms. The molecule has 59 heavy (non-hydrogen) atoms. The van der Waals surface area contributed by atoms with Crippen molar-refractivity contribution in [3.8, 4) is 22.3 Å². The summed E-state index contributed by atoms with van der Waals surface area (Å²) in [5.74, 6) is -0.631. The monoisotopic (exact) mass is 967 g/mol. The van der Waals surface area contributed by atoms with Crippen molar-refractivity contribution < 1.29 is 104 Å². The van der Waals surface area contributed by atoms with Gasteiger partial charge < -0.3 is 24.8 Å². The number of allylic oxidation sites excluding steroid dienone is 1. The maximum absolute atomic E-state index is 14.3. The van der Waals surface area contributed by atoms with Crippen LogP contribution in [-0.2, 0) is 50.9 Å². The zero-order valence-corrected chi connectivity index (χ0v) is 37.2. The topological polar surface area (TPSA) is 0 Å². The van der Waals surface area contributed by atoms with Gasteiger partial charge in [0.05, 0.1) is 30.3 Å². The predicted octanol–water partition coefficient (Wildman–Crippen LogP) is 7.75. The van der Waals surface area contributed by atoms with E-state index in [1.165, 1.54) is 6.07 Å². The third-order valence-electron chi connectivity index (χ3n) is 12.0. The second kappa shape index (κ2) is 16.1. The molecule has 1 unspecified atom stereocenters. The maximum atomic E-state index is 14.3. The maximum Gasteiger partial charge on any atom is 3.00 e. The molecule has 5 aromatic rings. The van der Waals surface area contributed by atoms with Crippen molar-refractivity contribution in [3.63, 3.8) is 0 Å². The quantitative estimate of drug-likeness (QED) is 0.0929. The van der Waals surface area contributed by atoms with Gasteiger partial charge in [-0.25, -0.2) is 0 Å². The van der Waals surface area contributed by atoms with E-state index < -0.39 is 61.0 Å². The van der Waals surface area contributed by atoms with E-state index in [1.807, 2.05) is 40.7 Å². The number of fused-ring (bicyclic) bond motifs is 2. The van der Waals surface area contributed by atoms with Crippen LogP contribution in [-0.4, -0.2) is 8.07 Å². The first-order chi connectivity index (χ1) is 25.9. The molecule has 0 amide bonds. The van der Waals surface area contributed by atoms with Gasteiger partial charge in [-0.15, -0.1) is 33.2 Å².